The molecule has 0 unspecified atom stereocenters. The third-order valence-electron chi connectivity index (χ3n) is 3.75. The van der Waals surface area contributed by atoms with Crippen molar-refractivity contribution in [1.82, 2.24) is 0 Å². The Hall–Kier alpha value is -2.82. The molecule has 0 aromatic heterocycles. The third kappa shape index (κ3) is 3.42. The van der Waals surface area contributed by atoms with Gasteiger partial charge in [-0.25, -0.2) is 26.7 Å². The van der Waals surface area contributed by atoms with Crippen LogP contribution in [0, 0.1) is 29.1 Å². The van der Waals surface area contributed by atoms with Crippen LogP contribution >= 0.6 is 11.8 Å². The number of benzene rings is 2. The molecule has 3 amide bonds. The van der Waals surface area contributed by atoms with Crippen LogP contribution in [-0.2, 0) is 4.79 Å². The van der Waals surface area contributed by atoms with Crippen molar-refractivity contribution in [2.24, 2.45) is 0 Å². The van der Waals surface area contributed by atoms with Crippen molar-refractivity contribution in [2.45, 2.75) is 4.90 Å². The predicted octanol–water partition coefficient (Wildman–Crippen LogP) is 4.09. The summed E-state index contributed by atoms with van der Waals surface area (Å²) < 4.78 is 66.6. The van der Waals surface area contributed by atoms with Crippen molar-refractivity contribution < 1.29 is 31.5 Å². The monoisotopic (exact) mass is 403 g/mol. The first kappa shape index (κ1) is 19.0. The molecule has 0 spiro atoms. The topological polar surface area (TPSA) is 61.4 Å². The molecule has 142 valence electrons. The summed E-state index contributed by atoms with van der Waals surface area (Å²) in [6.07, 6.45) is 0. The molecular formula is C16H10F5N3O2S. The number of fused-ring (bicyclic) bond motifs is 1. The second-order valence-corrected chi connectivity index (χ2v) is 6.47. The number of halogens is 5. The summed E-state index contributed by atoms with van der Waals surface area (Å²) >= 11 is 1.30. The Bertz CT molecular complexity index is 941. The van der Waals surface area contributed by atoms with Gasteiger partial charge in [0.15, 0.2) is 23.3 Å². The van der Waals surface area contributed by atoms with E-state index in [1.165, 1.54) is 28.8 Å². The van der Waals surface area contributed by atoms with Crippen molar-refractivity contribution in [3.8, 4) is 0 Å². The Balaban J connectivity index is 1.83. The highest BCUT2D eigenvalue weighted by atomic mass is 32.2. The molecule has 2 N–H and O–H groups in total. The van der Waals surface area contributed by atoms with E-state index in [1.54, 1.807) is 18.4 Å². The van der Waals surface area contributed by atoms with Crippen LogP contribution < -0.4 is 15.5 Å². The maximum atomic E-state index is 13.6. The number of hydrogen-bond donors (Lipinski definition) is 2. The van der Waals surface area contributed by atoms with Crippen LogP contribution in [0.3, 0.4) is 0 Å². The van der Waals surface area contributed by atoms with Crippen LogP contribution in [0.25, 0.3) is 0 Å². The number of nitrogens with one attached hydrogen (secondary N) is 2. The molecule has 0 atom stereocenters. The molecule has 0 saturated heterocycles. The number of amides is 3. The quantitative estimate of drug-likeness (QED) is 0.451. The molecule has 2 aromatic carbocycles. The largest absolute Gasteiger partial charge is 0.323 e. The van der Waals surface area contributed by atoms with E-state index < -0.39 is 40.8 Å². The average Bonchev–Trinajstić information content (AvgIpc) is 2.65. The molecule has 0 bridgehead atoms. The Labute approximate surface area is 153 Å². The summed E-state index contributed by atoms with van der Waals surface area (Å²) in [4.78, 5) is 25.8. The van der Waals surface area contributed by atoms with Gasteiger partial charge in [-0.15, -0.1) is 11.8 Å². The molecule has 3 rings (SSSR count). The van der Waals surface area contributed by atoms with Crippen molar-refractivity contribution in [3.05, 3.63) is 47.3 Å². The van der Waals surface area contributed by atoms with Crippen LogP contribution in [0.5, 0.6) is 0 Å². The van der Waals surface area contributed by atoms with Crippen molar-refractivity contribution in [2.75, 3.05) is 28.3 Å². The van der Waals surface area contributed by atoms with E-state index in [1.807, 2.05) is 0 Å². The molecule has 1 aliphatic heterocycles. The van der Waals surface area contributed by atoms with Crippen LogP contribution in [0.4, 0.5) is 43.8 Å². The molecule has 0 fully saturated rings. The van der Waals surface area contributed by atoms with E-state index >= 15 is 0 Å². The number of nitrogens with zero attached hydrogens (tertiary/aromatic N) is 1. The summed E-state index contributed by atoms with van der Waals surface area (Å²) in [5.41, 5.74) is -0.813. The zero-order valence-corrected chi connectivity index (χ0v) is 14.3. The molecule has 0 aliphatic carbocycles. The zero-order chi connectivity index (χ0) is 19.9. The summed E-state index contributed by atoms with van der Waals surface area (Å²) in [5, 5.41) is 3.82. The number of anilines is 3. The molecule has 2 aromatic rings. The van der Waals surface area contributed by atoms with Gasteiger partial charge >= 0.3 is 6.03 Å². The van der Waals surface area contributed by atoms with Gasteiger partial charge in [0.1, 0.15) is 5.69 Å². The molecule has 5 nitrogen and oxygen atoms in total. The second-order valence-electron chi connectivity index (χ2n) is 5.45. The van der Waals surface area contributed by atoms with E-state index in [0.29, 0.717) is 5.69 Å². The highest BCUT2D eigenvalue weighted by Crippen LogP contribution is 2.36. The number of carbonyl (C=O) groups is 2. The lowest BCUT2D eigenvalue weighted by atomic mass is 10.2. The molecule has 1 heterocycles. The fourth-order valence-corrected chi connectivity index (χ4v) is 3.32. The number of hydrogen-bond acceptors (Lipinski definition) is 3. The Morgan fingerprint density at radius 1 is 1.00 bits per heavy atom. The first-order chi connectivity index (χ1) is 12.7. The maximum absolute atomic E-state index is 13.6. The maximum Gasteiger partial charge on any atom is 0.323 e. The van der Waals surface area contributed by atoms with Crippen LogP contribution in [-0.4, -0.2) is 24.7 Å². The normalized spacial score (nSPS) is 13.4. The number of urea groups is 1. The van der Waals surface area contributed by atoms with Gasteiger partial charge in [-0.2, -0.15) is 0 Å². The van der Waals surface area contributed by atoms with Crippen molar-refractivity contribution in [1.29, 1.82) is 0 Å². The lowest BCUT2D eigenvalue weighted by Gasteiger charge is -2.25. The van der Waals surface area contributed by atoms with E-state index in [0.717, 1.165) is 4.90 Å². The highest BCUT2D eigenvalue weighted by molar-refractivity contribution is 8.00. The number of rotatable bonds is 2. The van der Waals surface area contributed by atoms with Gasteiger partial charge in [-0.3, -0.25) is 4.79 Å². The fraction of sp³-hybridized carbons (Fsp3) is 0.125. The molecule has 0 radical (unpaired) electrons. The fourth-order valence-electron chi connectivity index (χ4n) is 2.34. The SMILES string of the molecule is CN1C(=O)CSc2ccc(NC(=O)Nc3c(F)c(F)c(F)c(F)c3F)cc21. The molecule has 1 aliphatic rings. The third-order valence-corrected chi connectivity index (χ3v) is 4.80. The molecule has 27 heavy (non-hydrogen) atoms. The van der Waals surface area contributed by atoms with Gasteiger partial charge in [0.25, 0.3) is 0 Å². The Morgan fingerprint density at radius 2 is 1.59 bits per heavy atom. The predicted molar refractivity (Wildman–Crippen MR) is 89.4 cm³/mol. The van der Waals surface area contributed by atoms with Crippen molar-refractivity contribution in [3.63, 3.8) is 0 Å². The number of thioether (sulfide) groups is 1. The Kier molecular flexibility index (Phi) is 4.96. The van der Waals surface area contributed by atoms with Crippen molar-refractivity contribution >= 4 is 40.8 Å². The minimum absolute atomic E-state index is 0.150. The summed E-state index contributed by atoms with van der Waals surface area (Å²) in [7, 11) is 1.54. The van der Waals surface area contributed by atoms with Gasteiger partial charge in [-0.05, 0) is 18.2 Å². The molecular weight excluding hydrogens is 393 g/mol. The lowest BCUT2D eigenvalue weighted by Crippen LogP contribution is -2.31. The van der Waals surface area contributed by atoms with Gasteiger partial charge in [0.05, 0.1) is 11.4 Å². The first-order valence-electron chi connectivity index (χ1n) is 7.33. The number of carbonyl (C=O) groups excluding carboxylic acids is 2. The standard InChI is InChI=1S/C16H10F5N3O2S/c1-24-7-4-6(2-3-8(7)27-5-9(24)25)22-16(26)23-15-13(20)11(18)10(17)12(19)14(15)21/h2-4H,5H2,1H3,(H2,22,23,26). The van der Waals surface area contributed by atoms with Crippen LogP contribution in [0.15, 0.2) is 23.1 Å². The minimum Gasteiger partial charge on any atom is -0.314 e. The van der Waals surface area contributed by atoms with Crippen LogP contribution in [0.1, 0.15) is 0 Å². The van der Waals surface area contributed by atoms with E-state index in [2.05, 4.69) is 5.32 Å². The van der Waals surface area contributed by atoms with Crippen LogP contribution in [0.2, 0.25) is 0 Å². The summed E-state index contributed by atoms with van der Waals surface area (Å²) in [6, 6.07) is 3.30. The minimum atomic E-state index is -2.32. The Morgan fingerprint density at radius 3 is 2.22 bits per heavy atom. The van der Waals surface area contributed by atoms with Gasteiger partial charge in [-0.1, -0.05) is 0 Å². The van der Waals surface area contributed by atoms with E-state index in [-0.39, 0.29) is 17.3 Å². The second kappa shape index (κ2) is 7.06. The molecule has 0 saturated carbocycles. The van der Waals surface area contributed by atoms with Gasteiger partial charge < -0.3 is 15.5 Å². The summed E-state index contributed by atoms with van der Waals surface area (Å²) in [5.74, 6) is -10.9. The average molecular weight is 403 g/mol. The summed E-state index contributed by atoms with van der Waals surface area (Å²) in [6.45, 7) is 0. The first-order valence-corrected chi connectivity index (χ1v) is 8.32. The highest BCUT2D eigenvalue weighted by Gasteiger charge is 2.27. The molecule has 11 heteroatoms. The van der Waals surface area contributed by atoms with E-state index in [9.17, 15) is 31.5 Å². The van der Waals surface area contributed by atoms with Gasteiger partial charge in [0.2, 0.25) is 11.7 Å². The van der Waals surface area contributed by atoms with E-state index in [4.69, 9.17) is 0 Å². The smallest absolute Gasteiger partial charge is 0.314 e. The van der Waals surface area contributed by atoms with Gasteiger partial charge in [0, 0.05) is 17.6 Å². The lowest BCUT2D eigenvalue weighted by molar-refractivity contribution is -0.116. The zero-order valence-electron chi connectivity index (χ0n) is 13.5.